The van der Waals surface area contributed by atoms with Crippen LogP contribution in [0.5, 0.6) is 0 Å². The molecule has 3 rings (SSSR count). The number of piperazine rings is 1. The van der Waals surface area contributed by atoms with E-state index in [4.69, 9.17) is 0 Å². The second-order valence-electron chi connectivity index (χ2n) is 7.09. The van der Waals surface area contributed by atoms with Crippen LogP contribution in [0.4, 0.5) is 5.69 Å². The van der Waals surface area contributed by atoms with Crippen LogP contribution in [0.3, 0.4) is 0 Å². The van der Waals surface area contributed by atoms with E-state index in [1.54, 1.807) is 24.3 Å². The van der Waals surface area contributed by atoms with Gasteiger partial charge in [-0.15, -0.1) is 0 Å². The quantitative estimate of drug-likeness (QED) is 0.808. The highest BCUT2D eigenvalue weighted by Crippen LogP contribution is 2.23. The topological polar surface area (TPSA) is 69.7 Å². The lowest BCUT2D eigenvalue weighted by Gasteiger charge is -2.31. The fraction of sp³-hybridized carbons (Fsp3) is 0.381. The standard InChI is InChI=1S/C21H27N3O3S/c1-3-20(17-7-5-4-6-8-17)21(25)22-18-9-11-19(12-10-18)28(26,27)24-15-13-23(2)14-16-24/h4-12,20H,3,13-16H2,1-2H3,(H,22,25)/t20-/m1/s1. The molecule has 0 saturated carbocycles. The minimum Gasteiger partial charge on any atom is -0.326 e. The van der Waals surface area contributed by atoms with E-state index in [0.29, 0.717) is 25.2 Å². The van der Waals surface area contributed by atoms with Crippen LogP contribution in [0.25, 0.3) is 0 Å². The molecule has 1 heterocycles. The number of nitrogens with zero attached hydrogens (tertiary/aromatic N) is 2. The van der Waals surface area contributed by atoms with Crippen LogP contribution in [0.1, 0.15) is 24.8 Å². The second kappa shape index (κ2) is 8.86. The molecule has 150 valence electrons. The van der Waals surface area contributed by atoms with Gasteiger partial charge in [-0.05, 0) is 43.3 Å². The number of rotatable bonds is 6. The number of carbonyl (C=O) groups excluding carboxylic acids is 1. The molecule has 2 aromatic rings. The highest BCUT2D eigenvalue weighted by Gasteiger charge is 2.27. The first kappa shape index (κ1) is 20.5. The summed E-state index contributed by atoms with van der Waals surface area (Å²) < 4.78 is 27.1. The van der Waals surface area contributed by atoms with Crippen molar-refractivity contribution in [3.05, 3.63) is 60.2 Å². The van der Waals surface area contributed by atoms with Crippen molar-refractivity contribution in [3.8, 4) is 0 Å². The van der Waals surface area contributed by atoms with Crippen molar-refractivity contribution in [1.82, 2.24) is 9.21 Å². The molecule has 1 atom stereocenters. The Morgan fingerprint density at radius 3 is 2.18 bits per heavy atom. The summed E-state index contributed by atoms with van der Waals surface area (Å²) in [6.07, 6.45) is 0.686. The van der Waals surface area contributed by atoms with Crippen LogP contribution in [-0.4, -0.2) is 56.8 Å². The van der Waals surface area contributed by atoms with Crippen molar-refractivity contribution in [1.29, 1.82) is 0 Å². The largest absolute Gasteiger partial charge is 0.326 e. The summed E-state index contributed by atoms with van der Waals surface area (Å²) in [6, 6.07) is 16.1. The van der Waals surface area contributed by atoms with Gasteiger partial charge in [0.1, 0.15) is 0 Å². The number of benzene rings is 2. The predicted molar refractivity (Wildman–Crippen MR) is 111 cm³/mol. The predicted octanol–water partition coefficient (Wildman–Crippen LogP) is 2.76. The van der Waals surface area contributed by atoms with Crippen molar-refractivity contribution < 1.29 is 13.2 Å². The third kappa shape index (κ3) is 4.60. The molecule has 7 heteroatoms. The van der Waals surface area contributed by atoms with Crippen LogP contribution < -0.4 is 5.32 Å². The second-order valence-corrected chi connectivity index (χ2v) is 9.03. The summed E-state index contributed by atoms with van der Waals surface area (Å²) in [5.41, 5.74) is 1.56. The number of carbonyl (C=O) groups is 1. The zero-order valence-corrected chi connectivity index (χ0v) is 17.2. The molecule has 1 saturated heterocycles. The maximum atomic E-state index is 12.8. The van der Waals surface area contributed by atoms with E-state index in [2.05, 4.69) is 10.2 Å². The third-order valence-corrected chi connectivity index (χ3v) is 7.06. The van der Waals surface area contributed by atoms with E-state index in [1.165, 1.54) is 4.31 Å². The Kier molecular flexibility index (Phi) is 6.49. The van der Waals surface area contributed by atoms with Gasteiger partial charge in [-0.3, -0.25) is 4.79 Å². The molecule has 2 aromatic carbocycles. The minimum atomic E-state index is -3.50. The van der Waals surface area contributed by atoms with Gasteiger partial charge in [-0.1, -0.05) is 37.3 Å². The van der Waals surface area contributed by atoms with Gasteiger partial charge in [-0.25, -0.2) is 8.42 Å². The Bertz CT molecular complexity index is 890. The Morgan fingerprint density at radius 1 is 1.00 bits per heavy atom. The maximum absolute atomic E-state index is 12.8. The lowest BCUT2D eigenvalue weighted by atomic mass is 9.95. The monoisotopic (exact) mass is 401 g/mol. The minimum absolute atomic E-state index is 0.0941. The number of likely N-dealkylation sites (N-methyl/N-ethyl adjacent to an activating group) is 1. The van der Waals surface area contributed by atoms with Crippen molar-refractivity contribution >= 4 is 21.6 Å². The fourth-order valence-corrected chi connectivity index (χ4v) is 4.80. The number of hydrogen-bond donors (Lipinski definition) is 1. The first-order valence-corrected chi connectivity index (χ1v) is 11.0. The Balaban J connectivity index is 1.69. The van der Waals surface area contributed by atoms with Crippen LogP contribution >= 0.6 is 0 Å². The average molecular weight is 402 g/mol. The van der Waals surface area contributed by atoms with E-state index < -0.39 is 10.0 Å². The summed E-state index contributed by atoms with van der Waals surface area (Å²) in [4.78, 5) is 15.0. The molecule has 0 spiro atoms. The number of hydrogen-bond acceptors (Lipinski definition) is 4. The smallest absolute Gasteiger partial charge is 0.243 e. The van der Waals surface area contributed by atoms with Crippen molar-refractivity contribution in [2.45, 2.75) is 24.2 Å². The van der Waals surface area contributed by atoms with E-state index in [-0.39, 0.29) is 16.7 Å². The molecule has 1 fully saturated rings. The first-order chi connectivity index (χ1) is 13.4. The van der Waals surface area contributed by atoms with Gasteiger partial charge in [-0.2, -0.15) is 4.31 Å². The summed E-state index contributed by atoms with van der Waals surface area (Å²) in [7, 11) is -1.51. The normalized spacial score (nSPS) is 17.2. The van der Waals surface area contributed by atoms with E-state index in [1.807, 2.05) is 44.3 Å². The van der Waals surface area contributed by atoms with Crippen molar-refractivity contribution in [3.63, 3.8) is 0 Å². The molecule has 6 nitrogen and oxygen atoms in total. The van der Waals surface area contributed by atoms with E-state index in [9.17, 15) is 13.2 Å². The van der Waals surface area contributed by atoms with Gasteiger partial charge in [0, 0.05) is 31.9 Å². The van der Waals surface area contributed by atoms with Crippen LogP contribution in [0.15, 0.2) is 59.5 Å². The number of anilines is 1. The molecule has 0 aromatic heterocycles. The van der Waals surface area contributed by atoms with Crippen LogP contribution in [0.2, 0.25) is 0 Å². The molecular weight excluding hydrogens is 374 g/mol. The summed E-state index contributed by atoms with van der Waals surface area (Å²) in [5, 5.41) is 2.90. The van der Waals surface area contributed by atoms with Crippen LogP contribution in [0, 0.1) is 0 Å². The molecule has 0 unspecified atom stereocenters. The van der Waals surface area contributed by atoms with Crippen LogP contribution in [-0.2, 0) is 14.8 Å². The van der Waals surface area contributed by atoms with Gasteiger partial charge in [0.05, 0.1) is 10.8 Å². The molecule has 0 bridgehead atoms. The molecular formula is C21H27N3O3S. The Morgan fingerprint density at radius 2 is 1.61 bits per heavy atom. The van der Waals surface area contributed by atoms with E-state index in [0.717, 1.165) is 18.7 Å². The molecule has 1 amide bonds. The maximum Gasteiger partial charge on any atom is 0.243 e. The molecule has 1 aliphatic rings. The summed E-state index contributed by atoms with van der Waals surface area (Å²) in [6.45, 7) is 4.42. The number of amides is 1. The average Bonchev–Trinajstić information content (AvgIpc) is 2.70. The Hall–Kier alpha value is -2.22. The molecule has 1 aliphatic heterocycles. The summed E-state index contributed by atoms with van der Waals surface area (Å²) in [5.74, 6) is -0.335. The SMILES string of the molecule is CC[C@@H](C(=O)Nc1ccc(S(=O)(=O)N2CCN(C)CC2)cc1)c1ccccc1. The molecule has 28 heavy (non-hydrogen) atoms. The highest BCUT2D eigenvalue weighted by molar-refractivity contribution is 7.89. The molecule has 1 N–H and O–H groups in total. The zero-order chi connectivity index (χ0) is 20.1. The van der Waals surface area contributed by atoms with Crippen molar-refractivity contribution in [2.75, 3.05) is 38.5 Å². The summed E-state index contributed by atoms with van der Waals surface area (Å²) >= 11 is 0. The van der Waals surface area contributed by atoms with Gasteiger partial charge in [0.2, 0.25) is 15.9 Å². The Labute approximate surface area is 167 Å². The van der Waals surface area contributed by atoms with Gasteiger partial charge >= 0.3 is 0 Å². The van der Waals surface area contributed by atoms with E-state index >= 15 is 0 Å². The number of sulfonamides is 1. The fourth-order valence-electron chi connectivity index (χ4n) is 3.37. The molecule has 0 radical (unpaired) electrons. The lowest BCUT2D eigenvalue weighted by Crippen LogP contribution is -2.46. The first-order valence-electron chi connectivity index (χ1n) is 9.56. The zero-order valence-electron chi connectivity index (χ0n) is 16.3. The van der Waals surface area contributed by atoms with Gasteiger partial charge in [0.25, 0.3) is 0 Å². The van der Waals surface area contributed by atoms with Gasteiger partial charge in [0.15, 0.2) is 0 Å². The highest BCUT2D eigenvalue weighted by atomic mass is 32.2. The van der Waals surface area contributed by atoms with Crippen molar-refractivity contribution in [2.24, 2.45) is 0 Å². The lowest BCUT2D eigenvalue weighted by molar-refractivity contribution is -0.117. The number of nitrogens with one attached hydrogen (secondary N) is 1. The van der Waals surface area contributed by atoms with Gasteiger partial charge < -0.3 is 10.2 Å². The molecule has 0 aliphatic carbocycles. The third-order valence-electron chi connectivity index (χ3n) is 5.15.